The number of hydrogen-bond acceptors (Lipinski definition) is 2. The first kappa shape index (κ1) is 27.1. The molecule has 0 fully saturated rings. The van der Waals surface area contributed by atoms with E-state index in [2.05, 4.69) is 171 Å². The van der Waals surface area contributed by atoms with Crippen LogP contribution < -0.4 is 0 Å². The number of aromatic nitrogens is 4. The third-order valence-corrected chi connectivity index (χ3v) is 10.1. The molecular formula is C45H28N4O. The normalized spacial score (nSPS) is 12.0. The highest BCUT2D eigenvalue weighted by Gasteiger charge is 2.17. The summed E-state index contributed by atoms with van der Waals surface area (Å²) in [5.74, 6) is 0.880. The van der Waals surface area contributed by atoms with Gasteiger partial charge in [-0.1, -0.05) is 84.9 Å². The Kier molecular flexibility index (Phi) is 5.60. The number of para-hydroxylation sites is 4. The highest BCUT2D eigenvalue weighted by atomic mass is 16.3. The van der Waals surface area contributed by atoms with Crippen molar-refractivity contribution >= 4 is 65.6 Å². The van der Waals surface area contributed by atoms with E-state index >= 15 is 0 Å². The van der Waals surface area contributed by atoms with Gasteiger partial charge in [0, 0.05) is 67.3 Å². The lowest BCUT2D eigenvalue weighted by Crippen LogP contribution is -1.98. The van der Waals surface area contributed by atoms with E-state index < -0.39 is 0 Å². The summed E-state index contributed by atoms with van der Waals surface area (Å²) < 4.78 is 13.2. The molecule has 5 nitrogen and oxygen atoms in total. The van der Waals surface area contributed by atoms with Gasteiger partial charge in [-0.15, -0.1) is 0 Å². The van der Waals surface area contributed by atoms with Crippen LogP contribution in [0.1, 0.15) is 0 Å². The second kappa shape index (κ2) is 10.3. The van der Waals surface area contributed by atoms with Crippen LogP contribution in [0.3, 0.4) is 0 Å². The van der Waals surface area contributed by atoms with Gasteiger partial charge in [0.25, 0.3) is 0 Å². The summed E-state index contributed by atoms with van der Waals surface area (Å²) in [5.41, 5.74) is 10.7. The number of hydrogen-bond donors (Lipinski definition) is 0. The highest BCUT2D eigenvalue weighted by Crippen LogP contribution is 2.37. The Balaban J connectivity index is 1.05. The summed E-state index contributed by atoms with van der Waals surface area (Å²) in [7, 11) is 0. The summed E-state index contributed by atoms with van der Waals surface area (Å²) in [6.45, 7) is 0. The van der Waals surface area contributed by atoms with Crippen molar-refractivity contribution in [1.29, 1.82) is 0 Å². The van der Waals surface area contributed by atoms with Gasteiger partial charge in [0.15, 0.2) is 0 Å². The van der Waals surface area contributed by atoms with Crippen LogP contribution in [-0.2, 0) is 0 Å². The van der Waals surface area contributed by atoms with Crippen LogP contribution in [0.15, 0.2) is 175 Å². The molecule has 0 aliphatic carbocycles. The molecule has 50 heavy (non-hydrogen) atoms. The van der Waals surface area contributed by atoms with Crippen LogP contribution >= 0.6 is 0 Å². The molecule has 0 N–H and O–H groups in total. The molecule has 0 saturated heterocycles. The molecule has 0 aliphatic rings. The highest BCUT2D eigenvalue weighted by molar-refractivity contribution is 6.11. The number of furan rings is 1. The van der Waals surface area contributed by atoms with E-state index in [0.717, 1.165) is 50.4 Å². The Morgan fingerprint density at radius 2 is 0.880 bits per heavy atom. The summed E-state index contributed by atoms with van der Waals surface area (Å²) in [6.07, 6.45) is 3.91. The molecule has 11 rings (SSSR count). The zero-order valence-electron chi connectivity index (χ0n) is 26.9. The maximum atomic E-state index is 6.38. The fraction of sp³-hybridized carbons (Fsp3) is 0. The van der Waals surface area contributed by atoms with Crippen molar-refractivity contribution in [3.8, 4) is 28.5 Å². The van der Waals surface area contributed by atoms with Gasteiger partial charge in [0.2, 0.25) is 0 Å². The fourth-order valence-electron chi connectivity index (χ4n) is 7.95. The average Bonchev–Trinajstić information content (AvgIpc) is 3.95. The molecule has 0 bridgehead atoms. The van der Waals surface area contributed by atoms with Crippen LogP contribution in [0.4, 0.5) is 0 Å². The smallest absolute Gasteiger partial charge is 0.144 e. The first-order chi connectivity index (χ1) is 24.8. The first-order valence-corrected chi connectivity index (χ1v) is 16.9. The minimum Gasteiger partial charge on any atom is -0.456 e. The lowest BCUT2D eigenvalue weighted by atomic mass is 10.1. The lowest BCUT2D eigenvalue weighted by molar-refractivity contribution is 0.669. The monoisotopic (exact) mass is 640 g/mol. The molecule has 0 unspecified atom stereocenters. The van der Waals surface area contributed by atoms with Crippen molar-refractivity contribution in [1.82, 2.24) is 18.7 Å². The number of rotatable bonds is 4. The van der Waals surface area contributed by atoms with Crippen LogP contribution in [0, 0.1) is 0 Å². The topological polar surface area (TPSA) is 40.8 Å². The third-order valence-electron chi connectivity index (χ3n) is 10.1. The van der Waals surface area contributed by atoms with Crippen molar-refractivity contribution in [2.24, 2.45) is 0 Å². The van der Waals surface area contributed by atoms with Crippen LogP contribution in [0.25, 0.3) is 94.0 Å². The largest absolute Gasteiger partial charge is 0.456 e. The maximum absolute atomic E-state index is 6.38. The van der Waals surface area contributed by atoms with Crippen molar-refractivity contribution in [2.75, 3.05) is 0 Å². The molecule has 0 saturated carbocycles. The van der Waals surface area contributed by atoms with Crippen molar-refractivity contribution in [2.45, 2.75) is 0 Å². The predicted octanol–water partition coefficient (Wildman–Crippen LogP) is 11.6. The number of imidazole rings is 1. The number of benzene rings is 7. The zero-order valence-corrected chi connectivity index (χ0v) is 26.9. The predicted molar refractivity (Wildman–Crippen MR) is 205 cm³/mol. The quantitative estimate of drug-likeness (QED) is 0.192. The SMILES string of the molecule is c1cc(-c2nccn2-c2ccc3oc4ccc(-n5c6ccccc6c6ccccc65)cc4c3c2)cc(-n2c3ccccc3c3ccccc32)c1. The molecule has 0 spiro atoms. The molecule has 0 amide bonds. The number of fused-ring (bicyclic) bond motifs is 9. The standard InChI is InChI=1S/C45H28N4O/c1-5-16-39-33(12-1)34-13-2-6-17-40(34)48(39)31-11-9-10-29(26-31)45-46-24-25-47(45)30-20-22-43-37(27-30)38-28-32(21-23-44(38)50-43)49-41-18-7-3-14-35(41)36-15-4-8-19-42(36)49/h1-28H. The van der Waals surface area contributed by atoms with E-state index in [1.54, 1.807) is 0 Å². The van der Waals surface area contributed by atoms with Gasteiger partial charge in [-0.25, -0.2) is 4.98 Å². The zero-order chi connectivity index (χ0) is 32.8. The molecule has 4 aromatic heterocycles. The Morgan fingerprint density at radius 3 is 1.44 bits per heavy atom. The van der Waals surface area contributed by atoms with Crippen LogP contribution in [0.5, 0.6) is 0 Å². The average molecular weight is 641 g/mol. The second-order valence-corrected chi connectivity index (χ2v) is 12.9. The first-order valence-electron chi connectivity index (χ1n) is 16.9. The molecular weight excluding hydrogens is 613 g/mol. The molecule has 4 heterocycles. The van der Waals surface area contributed by atoms with Gasteiger partial charge >= 0.3 is 0 Å². The molecule has 11 aromatic rings. The molecule has 234 valence electrons. The summed E-state index contributed by atoms with van der Waals surface area (Å²) in [4.78, 5) is 4.87. The Hall–Kier alpha value is -6.85. The molecule has 5 heteroatoms. The van der Waals surface area contributed by atoms with Gasteiger partial charge in [-0.3, -0.25) is 4.57 Å². The minimum absolute atomic E-state index is 0.859. The maximum Gasteiger partial charge on any atom is 0.144 e. The van der Waals surface area contributed by atoms with Gasteiger partial charge < -0.3 is 13.6 Å². The summed E-state index contributed by atoms with van der Waals surface area (Å²) in [6, 6.07) is 56.0. The van der Waals surface area contributed by atoms with E-state index in [0.29, 0.717) is 0 Å². The van der Waals surface area contributed by atoms with Crippen LogP contribution in [0.2, 0.25) is 0 Å². The van der Waals surface area contributed by atoms with Crippen molar-refractivity contribution < 1.29 is 4.42 Å². The van der Waals surface area contributed by atoms with Gasteiger partial charge in [0.1, 0.15) is 17.0 Å². The van der Waals surface area contributed by atoms with Gasteiger partial charge in [0.05, 0.1) is 22.1 Å². The fourth-order valence-corrected chi connectivity index (χ4v) is 7.95. The summed E-state index contributed by atoms with van der Waals surface area (Å²) >= 11 is 0. The second-order valence-electron chi connectivity index (χ2n) is 12.9. The van der Waals surface area contributed by atoms with E-state index in [1.807, 2.05) is 12.4 Å². The van der Waals surface area contributed by atoms with Crippen molar-refractivity contribution in [3.05, 3.63) is 170 Å². The Morgan fingerprint density at radius 1 is 0.400 bits per heavy atom. The molecule has 0 aliphatic heterocycles. The van der Waals surface area contributed by atoms with E-state index in [1.165, 1.54) is 43.6 Å². The van der Waals surface area contributed by atoms with Gasteiger partial charge in [-0.05, 0) is 72.8 Å². The lowest BCUT2D eigenvalue weighted by Gasteiger charge is -2.12. The molecule has 7 aromatic carbocycles. The molecule has 0 atom stereocenters. The van der Waals surface area contributed by atoms with Crippen molar-refractivity contribution in [3.63, 3.8) is 0 Å². The minimum atomic E-state index is 0.859. The van der Waals surface area contributed by atoms with Crippen LogP contribution in [-0.4, -0.2) is 18.7 Å². The Bertz CT molecular complexity index is 3010. The van der Waals surface area contributed by atoms with Gasteiger partial charge in [-0.2, -0.15) is 0 Å². The Labute approximate surface area is 286 Å². The number of nitrogens with zero attached hydrogens (tertiary/aromatic N) is 4. The van der Waals surface area contributed by atoms with E-state index in [-0.39, 0.29) is 0 Å². The third kappa shape index (κ3) is 3.86. The molecule has 0 radical (unpaired) electrons. The van der Waals surface area contributed by atoms with E-state index in [4.69, 9.17) is 9.40 Å². The van der Waals surface area contributed by atoms with E-state index in [9.17, 15) is 0 Å². The summed E-state index contributed by atoms with van der Waals surface area (Å²) in [5, 5.41) is 7.14.